The maximum absolute atomic E-state index is 8.97. The molecule has 2 heterocycles. The monoisotopic (exact) mass is 234 g/mol. The zero-order valence-electron chi connectivity index (χ0n) is 10.3. The summed E-state index contributed by atoms with van der Waals surface area (Å²) in [6.07, 6.45) is 4.55. The van der Waals surface area contributed by atoms with Crippen LogP contribution in [0.15, 0.2) is 18.6 Å². The van der Waals surface area contributed by atoms with E-state index in [2.05, 4.69) is 30.0 Å². The molecule has 0 aromatic carbocycles. The largest absolute Gasteiger partial charge is 0.390 e. The van der Waals surface area contributed by atoms with Gasteiger partial charge in [-0.25, -0.2) is 4.98 Å². The van der Waals surface area contributed by atoms with E-state index in [1.165, 1.54) is 5.69 Å². The lowest BCUT2D eigenvalue weighted by Gasteiger charge is -2.04. The van der Waals surface area contributed by atoms with Crippen molar-refractivity contribution < 1.29 is 5.11 Å². The molecule has 5 nitrogen and oxygen atoms in total. The van der Waals surface area contributed by atoms with Gasteiger partial charge in [0.15, 0.2) is 0 Å². The van der Waals surface area contributed by atoms with Crippen LogP contribution >= 0.6 is 0 Å². The molecule has 0 radical (unpaired) electrons. The van der Waals surface area contributed by atoms with Crippen molar-refractivity contribution in [2.24, 2.45) is 0 Å². The third kappa shape index (κ3) is 2.55. The average Bonchev–Trinajstić information content (AvgIpc) is 2.95. The highest BCUT2D eigenvalue weighted by molar-refractivity contribution is 5.11. The SMILES string of the molecule is CCc1cc(Cn2cnc(CO)c2)n(CC)n1. The van der Waals surface area contributed by atoms with Gasteiger partial charge >= 0.3 is 0 Å². The van der Waals surface area contributed by atoms with Crippen molar-refractivity contribution in [2.45, 2.75) is 40.0 Å². The summed E-state index contributed by atoms with van der Waals surface area (Å²) in [6, 6.07) is 2.13. The Morgan fingerprint density at radius 3 is 2.71 bits per heavy atom. The summed E-state index contributed by atoms with van der Waals surface area (Å²) in [7, 11) is 0. The molecular formula is C12H18N4O. The van der Waals surface area contributed by atoms with Gasteiger partial charge in [0.2, 0.25) is 0 Å². The van der Waals surface area contributed by atoms with Crippen LogP contribution in [0, 0.1) is 0 Å². The standard InChI is InChI=1S/C12H18N4O/c1-3-10-5-12(16(4-2)14-10)7-15-6-11(8-17)13-9-15/h5-6,9,17H,3-4,7-8H2,1-2H3. The molecule has 0 saturated heterocycles. The topological polar surface area (TPSA) is 55.9 Å². The van der Waals surface area contributed by atoms with Crippen molar-refractivity contribution in [3.8, 4) is 0 Å². The van der Waals surface area contributed by atoms with Crippen molar-refractivity contribution in [2.75, 3.05) is 0 Å². The van der Waals surface area contributed by atoms with E-state index < -0.39 is 0 Å². The van der Waals surface area contributed by atoms with Crippen molar-refractivity contribution >= 4 is 0 Å². The summed E-state index contributed by atoms with van der Waals surface area (Å²) in [4.78, 5) is 4.10. The first-order valence-electron chi connectivity index (χ1n) is 5.93. The second kappa shape index (κ2) is 5.14. The van der Waals surface area contributed by atoms with Crippen LogP contribution in [0.3, 0.4) is 0 Å². The minimum Gasteiger partial charge on any atom is -0.390 e. The number of hydrogen-bond donors (Lipinski definition) is 1. The van der Waals surface area contributed by atoms with E-state index in [9.17, 15) is 0 Å². The summed E-state index contributed by atoms with van der Waals surface area (Å²) in [5.74, 6) is 0. The Labute approximate surface area is 101 Å². The number of nitrogens with zero attached hydrogens (tertiary/aromatic N) is 4. The van der Waals surface area contributed by atoms with E-state index in [4.69, 9.17) is 5.11 Å². The van der Waals surface area contributed by atoms with E-state index >= 15 is 0 Å². The highest BCUT2D eigenvalue weighted by Gasteiger charge is 2.06. The van der Waals surface area contributed by atoms with E-state index in [0.29, 0.717) is 5.69 Å². The maximum Gasteiger partial charge on any atom is 0.0954 e. The van der Waals surface area contributed by atoms with Crippen molar-refractivity contribution in [1.82, 2.24) is 19.3 Å². The fraction of sp³-hybridized carbons (Fsp3) is 0.500. The van der Waals surface area contributed by atoms with Crippen molar-refractivity contribution in [3.63, 3.8) is 0 Å². The quantitative estimate of drug-likeness (QED) is 0.845. The molecule has 0 spiro atoms. The Kier molecular flexibility index (Phi) is 3.58. The number of aliphatic hydroxyl groups is 1. The number of imidazole rings is 1. The Bertz CT molecular complexity index is 486. The number of hydrogen-bond acceptors (Lipinski definition) is 3. The summed E-state index contributed by atoms with van der Waals surface area (Å²) in [6.45, 7) is 5.79. The molecule has 0 aliphatic carbocycles. The summed E-state index contributed by atoms with van der Waals surface area (Å²) < 4.78 is 3.98. The van der Waals surface area contributed by atoms with Crippen LogP contribution in [0.5, 0.6) is 0 Å². The summed E-state index contributed by atoms with van der Waals surface area (Å²) in [5, 5.41) is 13.5. The Balaban J connectivity index is 2.19. The molecular weight excluding hydrogens is 216 g/mol. The molecule has 5 heteroatoms. The second-order valence-corrected chi connectivity index (χ2v) is 3.99. The van der Waals surface area contributed by atoms with Gasteiger partial charge in [0, 0.05) is 12.7 Å². The third-order valence-electron chi connectivity index (χ3n) is 2.77. The molecule has 92 valence electrons. The predicted molar refractivity (Wildman–Crippen MR) is 64.5 cm³/mol. The van der Waals surface area contributed by atoms with Gasteiger partial charge in [0.1, 0.15) is 0 Å². The molecule has 1 N–H and O–H groups in total. The zero-order chi connectivity index (χ0) is 12.3. The molecule has 0 saturated carbocycles. The van der Waals surface area contributed by atoms with Crippen LogP contribution in [-0.4, -0.2) is 24.4 Å². The molecule has 0 amide bonds. The van der Waals surface area contributed by atoms with Crippen LogP contribution in [0.25, 0.3) is 0 Å². The highest BCUT2D eigenvalue weighted by atomic mass is 16.3. The van der Waals surface area contributed by atoms with Gasteiger partial charge in [-0.2, -0.15) is 5.10 Å². The van der Waals surface area contributed by atoms with Gasteiger partial charge < -0.3 is 9.67 Å². The molecule has 2 rings (SSSR count). The van der Waals surface area contributed by atoms with Crippen LogP contribution in [-0.2, 0) is 26.1 Å². The van der Waals surface area contributed by atoms with E-state index in [0.717, 1.165) is 25.2 Å². The molecule has 0 bridgehead atoms. The highest BCUT2D eigenvalue weighted by Crippen LogP contribution is 2.08. The molecule has 2 aromatic rings. The van der Waals surface area contributed by atoms with Crippen LogP contribution < -0.4 is 0 Å². The van der Waals surface area contributed by atoms with Crippen molar-refractivity contribution in [3.05, 3.63) is 35.7 Å². The summed E-state index contributed by atoms with van der Waals surface area (Å²) in [5.41, 5.74) is 2.99. The lowest BCUT2D eigenvalue weighted by molar-refractivity contribution is 0.277. The average molecular weight is 234 g/mol. The van der Waals surface area contributed by atoms with E-state index in [1.807, 2.05) is 15.4 Å². The summed E-state index contributed by atoms with van der Waals surface area (Å²) >= 11 is 0. The van der Waals surface area contributed by atoms with Gasteiger partial charge in [0.25, 0.3) is 0 Å². The number of aryl methyl sites for hydroxylation is 2. The molecule has 0 aliphatic rings. The molecule has 0 fully saturated rings. The first kappa shape index (κ1) is 11.9. The molecule has 0 unspecified atom stereocenters. The Morgan fingerprint density at radius 1 is 1.29 bits per heavy atom. The number of aliphatic hydroxyl groups excluding tert-OH is 1. The lowest BCUT2D eigenvalue weighted by atomic mass is 10.3. The van der Waals surface area contributed by atoms with Gasteiger partial charge in [-0.05, 0) is 19.4 Å². The minimum atomic E-state index is -0.0136. The maximum atomic E-state index is 8.97. The van der Waals surface area contributed by atoms with Gasteiger partial charge in [-0.3, -0.25) is 4.68 Å². The smallest absolute Gasteiger partial charge is 0.0954 e. The predicted octanol–water partition coefficient (Wildman–Crippen LogP) is 1.20. The third-order valence-corrected chi connectivity index (χ3v) is 2.77. The Hall–Kier alpha value is -1.62. The van der Waals surface area contributed by atoms with E-state index in [1.54, 1.807) is 6.33 Å². The van der Waals surface area contributed by atoms with Gasteiger partial charge in [-0.1, -0.05) is 6.92 Å². The molecule has 2 aromatic heterocycles. The zero-order valence-corrected chi connectivity index (χ0v) is 10.3. The molecule has 0 aliphatic heterocycles. The van der Waals surface area contributed by atoms with Crippen LogP contribution in [0.1, 0.15) is 30.9 Å². The number of aromatic nitrogens is 4. The minimum absolute atomic E-state index is 0.0136. The van der Waals surface area contributed by atoms with Crippen LogP contribution in [0.2, 0.25) is 0 Å². The Morgan fingerprint density at radius 2 is 2.12 bits per heavy atom. The van der Waals surface area contributed by atoms with Crippen molar-refractivity contribution in [1.29, 1.82) is 0 Å². The fourth-order valence-electron chi connectivity index (χ4n) is 1.85. The normalized spacial score (nSPS) is 11.0. The first-order valence-corrected chi connectivity index (χ1v) is 5.93. The molecule has 17 heavy (non-hydrogen) atoms. The number of rotatable bonds is 5. The van der Waals surface area contributed by atoms with Gasteiger partial charge in [0.05, 0.1) is 36.6 Å². The lowest BCUT2D eigenvalue weighted by Crippen LogP contribution is -2.06. The van der Waals surface area contributed by atoms with Crippen LogP contribution in [0.4, 0.5) is 0 Å². The fourth-order valence-corrected chi connectivity index (χ4v) is 1.85. The van der Waals surface area contributed by atoms with E-state index in [-0.39, 0.29) is 6.61 Å². The second-order valence-electron chi connectivity index (χ2n) is 3.99. The van der Waals surface area contributed by atoms with Gasteiger partial charge in [-0.15, -0.1) is 0 Å². The first-order chi connectivity index (χ1) is 8.26. The molecule has 0 atom stereocenters.